The van der Waals surface area contributed by atoms with Crippen molar-refractivity contribution in [3.8, 4) is 0 Å². The van der Waals surface area contributed by atoms with Crippen molar-refractivity contribution in [2.45, 2.75) is 0 Å². The van der Waals surface area contributed by atoms with E-state index >= 15 is 0 Å². The Morgan fingerprint density at radius 3 is 3.20 bits per heavy atom. The molecule has 1 aromatic carbocycles. The number of hydrogen-bond acceptors (Lipinski definition) is 3. The van der Waals surface area contributed by atoms with Gasteiger partial charge < -0.3 is 0 Å². The molecule has 0 aliphatic heterocycles. The third kappa shape index (κ3) is 0.719. The molecule has 0 aliphatic rings. The zero-order valence-electron chi connectivity index (χ0n) is 5.15. The topological polar surface area (TPSA) is 38.7 Å². The maximum atomic E-state index is 3.98. The van der Waals surface area contributed by atoms with Gasteiger partial charge in [-0.2, -0.15) is 0 Å². The van der Waals surface area contributed by atoms with Crippen molar-refractivity contribution in [2.24, 2.45) is 0 Å². The van der Waals surface area contributed by atoms with Crippen LogP contribution in [0.4, 0.5) is 0 Å². The standard InChI is InChI=1S/C7H4N3/c1-2-4-7-6(3-1)8-5-9-10-7/h2-5H. The summed E-state index contributed by atoms with van der Waals surface area (Å²) in [7, 11) is 0. The summed E-state index contributed by atoms with van der Waals surface area (Å²) in [6.45, 7) is 0. The third-order valence-corrected chi connectivity index (χ3v) is 1.23. The molecule has 0 spiro atoms. The van der Waals surface area contributed by atoms with E-state index in [-0.39, 0.29) is 0 Å². The molecule has 0 N–H and O–H groups in total. The second-order valence-corrected chi connectivity index (χ2v) is 1.87. The predicted octanol–water partition coefficient (Wildman–Crippen LogP) is 0.825. The minimum absolute atomic E-state index is 0.807. The summed E-state index contributed by atoms with van der Waals surface area (Å²) in [5, 5.41) is 7.49. The molecule has 1 heterocycles. The van der Waals surface area contributed by atoms with Crippen LogP contribution in [-0.4, -0.2) is 15.2 Å². The molecule has 10 heavy (non-hydrogen) atoms. The number of fused-ring (bicyclic) bond motifs is 1. The van der Waals surface area contributed by atoms with Crippen molar-refractivity contribution in [3.63, 3.8) is 0 Å². The highest BCUT2D eigenvalue weighted by Crippen LogP contribution is 2.02. The van der Waals surface area contributed by atoms with Crippen LogP contribution in [0.15, 0.2) is 24.5 Å². The van der Waals surface area contributed by atoms with Crippen molar-refractivity contribution in [2.75, 3.05) is 0 Å². The van der Waals surface area contributed by atoms with E-state index in [1.54, 1.807) is 12.1 Å². The predicted molar refractivity (Wildman–Crippen MR) is 36.2 cm³/mol. The van der Waals surface area contributed by atoms with Gasteiger partial charge in [0.2, 0.25) is 0 Å². The highest BCUT2D eigenvalue weighted by molar-refractivity contribution is 5.72. The van der Waals surface area contributed by atoms with E-state index in [4.69, 9.17) is 0 Å². The minimum Gasteiger partial charge on any atom is -0.233 e. The molecule has 3 nitrogen and oxygen atoms in total. The van der Waals surface area contributed by atoms with Crippen LogP contribution < -0.4 is 0 Å². The Hall–Kier alpha value is -1.51. The second kappa shape index (κ2) is 2.02. The van der Waals surface area contributed by atoms with Gasteiger partial charge in [-0.25, -0.2) is 4.98 Å². The number of hydrogen-bond donors (Lipinski definition) is 0. The summed E-state index contributed by atoms with van der Waals surface area (Å²) in [6.07, 6.45) is 1.43. The molecule has 0 atom stereocenters. The van der Waals surface area contributed by atoms with E-state index < -0.39 is 0 Å². The molecule has 2 rings (SSSR count). The molecule has 3 heteroatoms. The Morgan fingerprint density at radius 1 is 1.30 bits per heavy atom. The Bertz CT molecular complexity index is 280. The average Bonchev–Trinajstić information content (AvgIpc) is 2.05. The maximum Gasteiger partial charge on any atom is 0.138 e. The van der Waals surface area contributed by atoms with Crippen LogP contribution in [0.2, 0.25) is 0 Å². The molecule has 47 valence electrons. The van der Waals surface area contributed by atoms with Crippen molar-refractivity contribution in [1.29, 1.82) is 0 Å². The van der Waals surface area contributed by atoms with Crippen LogP contribution >= 0.6 is 0 Å². The van der Waals surface area contributed by atoms with Gasteiger partial charge >= 0.3 is 0 Å². The maximum absolute atomic E-state index is 3.98. The summed E-state index contributed by atoms with van der Waals surface area (Å²) in [6, 6.07) is 8.31. The van der Waals surface area contributed by atoms with Gasteiger partial charge in [0.15, 0.2) is 0 Å². The fraction of sp³-hybridized carbons (Fsp3) is 0. The summed E-state index contributed by atoms with van der Waals surface area (Å²) < 4.78 is 0. The molecular formula is C7H4N3. The van der Waals surface area contributed by atoms with Gasteiger partial charge in [-0.3, -0.25) is 0 Å². The van der Waals surface area contributed by atoms with Crippen molar-refractivity contribution < 1.29 is 0 Å². The normalized spacial score (nSPS) is 10.0. The quantitative estimate of drug-likeness (QED) is 0.530. The van der Waals surface area contributed by atoms with Crippen LogP contribution in [0.25, 0.3) is 11.0 Å². The first-order valence-electron chi connectivity index (χ1n) is 2.90. The fourth-order valence-corrected chi connectivity index (χ4v) is 0.777. The molecule has 1 radical (unpaired) electrons. The van der Waals surface area contributed by atoms with Crippen molar-refractivity contribution in [1.82, 2.24) is 15.2 Å². The molecular weight excluding hydrogens is 126 g/mol. The number of nitrogens with zero attached hydrogens (tertiary/aromatic N) is 3. The summed E-state index contributed by atoms with van der Waals surface area (Å²) in [5.74, 6) is 0. The van der Waals surface area contributed by atoms with E-state index in [0.717, 1.165) is 11.0 Å². The molecule has 0 saturated carbocycles. The lowest BCUT2D eigenvalue weighted by atomic mass is 10.3. The van der Waals surface area contributed by atoms with Gasteiger partial charge in [-0.15, -0.1) is 10.2 Å². The SMILES string of the molecule is [c]1ccc2nncnc2c1. The van der Waals surface area contributed by atoms with Crippen molar-refractivity contribution >= 4 is 11.0 Å². The Balaban J connectivity index is 2.89. The van der Waals surface area contributed by atoms with Crippen LogP contribution in [0, 0.1) is 6.07 Å². The molecule has 0 fully saturated rings. The zero-order chi connectivity index (χ0) is 6.81. The molecule has 0 unspecified atom stereocenters. The van der Waals surface area contributed by atoms with E-state index in [9.17, 15) is 0 Å². The van der Waals surface area contributed by atoms with Crippen molar-refractivity contribution in [3.05, 3.63) is 30.6 Å². The highest BCUT2D eigenvalue weighted by Gasteiger charge is 1.89. The monoisotopic (exact) mass is 130 g/mol. The van der Waals surface area contributed by atoms with Gasteiger partial charge in [0.1, 0.15) is 11.8 Å². The summed E-state index contributed by atoms with van der Waals surface area (Å²) in [5.41, 5.74) is 1.64. The molecule has 0 bridgehead atoms. The zero-order valence-corrected chi connectivity index (χ0v) is 5.15. The lowest BCUT2D eigenvalue weighted by Gasteiger charge is -1.89. The number of benzene rings is 1. The highest BCUT2D eigenvalue weighted by atomic mass is 15.1. The number of aromatic nitrogens is 3. The van der Waals surface area contributed by atoms with Gasteiger partial charge in [0, 0.05) is 0 Å². The van der Waals surface area contributed by atoms with Crippen LogP contribution in [-0.2, 0) is 0 Å². The summed E-state index contributed by atoms with van der Waals surface area (Å²) in [4.78, 5) is 3.98. The minimum atomic E-state index is 0.807. The van der Waals surface area contributed by atoms with Crippen LogP contribution in [0.1, 0.15) is 0 Å². The van der Waals surface area contributed by atoms with Crippen LogP contribution in [0.3, 0.4) is 0 Å². The number of rotatable bonds is 0. The van der Waals surface area contributed by atoms with Gasteiger partial charge in [0.25, 0.3) is 0 Å². The van der Waals surface area contributed by atoms with Crippen LogP contribution in [0.5, 0.6) is 0 Å². The van der Waals surface area contributed by atoms with Gasteiger partial charge in [-0.05, 0) is 18.2 Å². The largest absolute Gasteiger partial charge is 0.233 e. The Morgan fingerprint density at radius 2 is 2.30 bits per heavy atom. The molecule has 1 aromatic heterocycles. The Labute approximate surface area is 57.7 Å². The lowest BCUT2D eigenvalue weighted by Crippen LogP contribution is -1.84. The van der Waals surface area contributed by atoms with E-state index in [2.05, 4.69) is 21.2 Å². The molecule has 2 aromatic rings. The molecule has 0 amide bonds. The van der Waals surface area contributed by atoms with Gasteiger partial charge in [0.05, 0.1) is 5.52 Å². The average molecular weight is 130 g/mol. The smallest absolute Gasteiger partial charge is 0.138 e. The third-order valence-electron chi connectivity index (χ3n) is 1.23. The molecule has 0 saturated heterocycles. The second-order valence-electron chi connectivity index (χ2n) is 1.87. The molecule has 0 aliphatic carbocycles. The lowest BCUT2D eigenvalue weighted by molar-refractivity contribution is 1.02. The van der Waals surface area contributed by atoms with E-state index in [1.807, 2.05) is 6.07 Å². The van der Waals surface area contributed by atoms with E-state index in [0.29, 0.717) is 0 Å². The van der Waals surface area contributed by atoms with E-state index in [1.165, 1.54) is 6.33 Å². The first-order valence-corrected chi connectivity index (χ1v) is 2.90. The Kier molecular flexibility index (Phi) is 1.07. The van der Waals surface area contributed by atoms with Gasteiger partial charge in [-0.1, -0.05) is 6.07 Å². The summed E-state index contributed by atoms with van der Waals surface area (Å²) >= 11 is 0. The first kappa shape index (κ1) is 5.29. The fourth-order valence-electron chi connectivity index (χ4n) is 0.777. The first-order chi connectivity index (χ1) is 4.97.